The summed E-state index contributed by atoms with van der Waals surface area (Å²) in [6.07, 6.45) is 19.2. The van der Waals surface area contributed by atoms with Crippen molar-refractivity contribution in [3.63, 3.8) is 0 Å². The highest BCUT2D eigenvalue weighted by Gasteiger charge is 2.18. The van der Waals surface area contributed by atoms with Gasteiger partial charge in [-0.3, -0.25) is 0 Å². The second-order valence-corrected chi connectivity index (χ2v) is 6.29. The Morgan fingerprint density at radius 3 is 2.12 bits per heavy atom. The molecule has 0 spiro atoms. The minimum absolute atomic E-state index is 0.850. The summed E-state index contributed by atoms with van der Waals surface area (Å²) in [5, 5.41) is 3.80. The van der Waals surface area contributed by atoms with Gasteiger partial charge in [0.05, 0.1) is 0 Å². The van der Waals surface area contributed by atoms with E-state index in [1.54, 1.807) is 0 Å². The van der Waals surface area contributed by atoms with Gasteiger partial charge >= 0.3 is 0 Å². The van der Waals surface area contributed by atoms with Gasteiger partial charge in [-0.25, -0.2) is 0 Å². The summed E-state index contributed by atoms with van der Waals surface area (Å²) in [4.78, 5) is 0. The molecule has 1 N–H and O–H groups in total. The molecule has 0 aromatic rings. The van der Waals surface area contributed by atoms with Crippen LogP contribution in [-0.4, -0.2) is 12.6 Å². The summed E-state index contributed by atoms with van der Waals surface area (Å²) >= 11 is 0. The summed E-state index contributed by atoms with van der Waals surface area (Å²) in [5.74, 6) is 1.06. The highest BCUT2D eigenvalue weighted by Crippen LogP contribution is 2.28. The van der Waals surface area contributed by atoms with E-state index in [0.717, 1.165) is 12.0 Å². The van der Waals surface area contributed by atoms with Gasteiger partial charge in [-0.1, -0.05) is 57.8 Å². The predicted octanol–water partition coefficient (Wildman–Crippen LogP) is 4.66. The largest absolute Gasteiger partial charge is 0.314 e. The van der Waals surface area contributed by atoms with E-state index in [-0.39, 0.29) is 0 Å². The van der Waals surface area contributed by atoms with Crippen molar-refractivity contribution < 1.29 is 0 Å². The van der Waals surface area contributed by atoms with Gasteiger partial charge in [-0.15, -0.1) is 0 Å². The van der Waals surface area contributed by atoms with E-state index in [1.807, 2.05) is 0 Å². The first-order valence-electron chi connectivity index (χ1n) is 8.18. The Bertz CT molecular complexity index is 170. The highest BCUT2D eigenvalue weighted by atomic mass is 14.9. The summed E-state index contributed by atoms with van der Waals surface area (Å²) < 4.78 is 0. The Morgan fingerprint density at radius 1 is 0.529 bits per heavy atom. The third kappa shape index (κ3) is 5.42. The van der Waals surface area contributed by atoms with Crippen molar-refractivity contribution in [3.05, 3.63) is 0 Å². The molecule has 2 atom stereocenters. The maximum absolute atomic E-state index is 3.80. The van der Waals surface area contributed by atoms with Gasteiger partial charge in [0.25, 0.3) is 0 Å². The molecule has 0 radical (unpaired) electrons. The molecule has 17 heavy (non-hydrogen) atoms. The van der Waals surface area contributed by atoms with Crippen molar-refractivity contribution in [2.75, 3.05) is 6.54 Å². The lowest BCUT2D eigenvalue weighted by Gasteiger charge is -2.17. The summed E-state index contributed by atoms with van der Waals surface area (Å²) in [6, 6.07) is 0.850. The molecule has 100 valence electrons. The molecule has 1 aliphatic carbocycles. The number of rotatable bonds is 0. The van der Waals surface area contributed by atoms with Crippen LogP contribution < -0.4 is 5.32 Å². The first-order chi connectivity index (χ1) is 8.45. The Labute approximate surface area is 108 Å². The summed E-state index contributed by atoms with van der Waals surface area (Å²) in [6.45, 7) is 1.27. The van der Waals surface area contributed by atoms with Gasteiger partial charge in [0.2, 0.25) is 0 Å². The molecular weight excluding hydrogens is 206 g/mol. The van der Waals surface area contributed by atoms with Crippen molar-refractivity contribution >= 4 is 0 Å². The van der Waals surface area contributed by atoms with Crippen LogP contribution in [0.1, 0.15) is 83.5 Å². The van der Waals surface area contributed by atoms with Crippen molar-refractivity contribution in [3.8, 4) is 0 Å². The fourth-order valence-corrected chi connectivity index (χ4v) is 3.62. The Morgan fingerprint density at radius 2 is 1.24 bits per heavy atom. The van der Waals surface area contributed by atoms with Crippen LogP contribution in [0.4, 0.5) is 0 Å². The fourth-order valence-electron chi connectivity index (χ4n) is 3.62. The third-order valence-corrected chi connectivity index (χ3v) is 4.81. The lowest BCUT2D eigenvalue weighted by molar-refractivity contribution is 0.389. The third-order valence-electron chi connectivity index (χ3n) is 4.81. The highest BCUT2D eigenvalue weighted by molar-refractivity contribution is 4.75. The molecule has 2 fully saturated rings. The van der Waals surface area contributed by atoms with Crippen LogP contribution >= 0.6 is 0 Å². The Balaban J connectivity index is 1.77. The van der Waals surface area contributed by atoms with Crippen LogP contribution in [0.3, 0.4) is 0 Å². The predicted molar refractivity (Wildman–Crippen MR) is 75.3 cm³/mol. The Kier molecular flexibility index (Phi) is 6.41. The number of nitrogens with one attached hydrogen (secondary N) is 1. The van der Waals surface area contributed by atoms with Gasteiger partial charge in [0, 0.05) is 6.04 Å². The van der Waals surface area contributed by atoms with Crippen LogP contribution in [0.2, 0.25) is 0 Å². The molecule has 2 bridgehead atoms. The van der Waals surface area contributed by atoms with Gasteiger partial charge < -0.3 is 5.32 Å². The van der Waals surface area contributed by atoms with Crippen molar-refractivity contribution in [2.24, 2.45) is 5.92 Å². The normalized spacial score (nSPS) is 33.9. The van der Waals surface area contributed by atoms with Crippen molar-refractivity contribution in [1.82, 2.24) is 5.32 Å². The molecule has 2 aliphatic rings. The molecular formula is C16H31N. The smallest absolute Gasteiger partial charge is 0.00671 e. The first kappa shape index (κ1) is 13.4. The van der Waals surface area contributed by atoms with Gasteiger partial charge in [-0.2, -0.15) is 0 Å². The average Bonchev–Trinajstić information content (AvgIpc) is 2.57. The maximum atomic E-state index is 3.80. The molecule has 1 nitrogen and oxygen atoms in total. The quantitative estimate of drug-likeness (QED) is 0.646. The minimum atomic E-state index is 0.850. The molecule has 0 aromatic heterocycles. The Hall–Kier alpha value is -0.0400. The van der Waals surface area contributed by atoms with E-state index in [1.165, 1.54) is 90.0 Å². The lowest BCUT2D eigenvalue weighted by Crippen LogP contribution is -2.29. The average molecular weight is 237 g/mol. The van der Waals surface area contributed by atoms with Gasteiger partial charge in [0.15, 0.2) is 0 Å². The zero-order chi connectivity index (χ0) is 11.8. The van der Waals surface area contributed by atoms with Crippen LogP contribution in [-0.2, 0) is 0 Å². The second-order valence-electron chi connectivity index (χ2n) is 6.29. The topological polar surface area (TPSA) is 12.0 Å². The first-order valence-corrected chi connectivity index (χ1v) is 8.18. The number of fused-ring (bicyclic) bond motifs is 3. The van der Waals surface area contributed by atoms with E-state index < -0.39 is 0 Å². The van der Waals surface area contributed by atoms with E-state index in [4.69, 9.17) is 0 Å². The molecule has 2 rings (SSSR count). The molecule has 1 heterocycles. The van der Waals surface area contributed by atoms with E-state index >= 15 is 0 Å². The summed E-state index contributed by atoms with van der Waals surface area (Å²) in [5.41, 5.74) is 0. The molecule has 0 aromatic carbocycles. The van der Waals surface area contributed by atoms with Crippen LogP contribution in [0, 0.1) is 5.92 Å². The summed E-state index contributed by atoms with van der Waals surface area (Å²) in [7, 11) is 0. The SMILES string of the molecule is C1CCCCNC2CCCC(CCCC1)CC2. The van der Waals surface area contributed by atoms with Crippen molar-refractivity contribution in [1.29, 1.82) is 0 Å². The zero-order valence-corrected chi connectivity index (χ0v) is 11.6. The van der Waals surface area contributed by atoms with Gasteiger partial charge in [-0.05, 0) is 38.1 Å². The van der Waals surface area contributed by atoms with Crippen LogP contribution in [0.5, 0.6) is 0 Å². The van der Waals surface area contributed by atoms with E-state index in [9.17, 15) is 0 Å². The monoisotopic (exact) mass is 237 g/mol. The second kappa shape index (κ2) is 8.13. The van der Waals surface area contributed by atoms with Crippen molar-refractivity contribution in [2.45, 2.75) is 89.5 Å². The van der Waals surface area contributed by atoms with Crippen LogP contribution in [0.15, 0.2) is 0 Å². The number of hydrogen-bond donors (Lipinski definition) is 1. The molecule has 1 saturated heterocycles. The van der Waals surface area contributed by atoms with Gasteiger partial charge in [0.1, 0.15) is 0 Å². The van der Waals surface area contributed by atoms with Crippen LogP contribution in [0.25, 0.3) is 0 Å². The molecule has 0 amide bonds. The van der Waals surface area contributed by atoms with E-state index in [0.29, 0.717) is 0 Å². The maximum Gasteiger partial charge on any atom is 0.00671 e. The standard InChI is InChI=1S/C16H31N/c1-2-4-6-9-15-10-8-11-16(13-12-15)17-14-7-5-3-1/h15-17H,1-14H2. The lowest BCUT2D eigenvalue weighted by atomic mass is 9.93. The molecule has 1 saturated carbocycles. The molecule has 1 aliphatic heterocycles. The number of hydrogen-bond acceptors (Lipinski definition) is 1. The molecule has 1 heteroatoms. The molecule has 2 unspecified atom stereocenters. The fraction of sp³-hybridized carbons (Fsp3) is 1.00. The van der Waals surface area contributed by atoms with E-state index in [2.05, 4.69) is 5.32 Å². The minimum Gasteiger partial charge on any atom is -0.314 e. The zero-order valence-electron chi connectivity index (χ0n) is 11.6.